The quantitative estimate of drug-likeness (QED) is 0.612. The third-order valence-electron chi connectivity index (χ3n) is 2.89. The molecule has 0 aromatic carbocycles. The molecular weight excluding hydrogens is 168 g/mol. The van der Waals surface area contributed by atoms with Crippen molar-refractivity contribution in [3.63, 3.8) is 0 Å². The van der Waals surface area contributed by atoms with E-state index in [0.717, 1.165) is 6.29 Å². The second kappa shape index (κ2) is 3.05. The molecular formula is C10H14O3. The van der Waals surface area contributed by atoms with Gasteiger partial charge in [0, 0.05) is 23.7 Å². The number of Topliss-reactive ketones (excluding diaryl/α,β-unsaturated/α-hetero) is 2. The lowest BCUT2D eigenvalue weighted by Crippen LogP contribution is -2.55. The van der Waals surface area contributed by atoms with Gasteiger partial charge in [0.15, 0.2) is 0 Å². The van der Waals surface area contributed by atoms with Gasteiger partial charge in [-0.15, -0.1) is 0 Å². The van der Waals surface area contributed by atoms with E-state index in [1.54, 1.807) is 13.8 Å². The van der Waals surface area contributed by atoms with Crippen LogP contribution in [0.5, 0.6) is 0 Å². The number of ketones is 2. The number of rotatable bonds is 3. The van der Waals surface area contributed by atoms with Crippen LogP contribution in [0.15, 0.2) is 0 Å². The third-order valence-corrected chi connectivity index (χ3v) is 2.89. The molecule has 0 spiro atoms. The molecule has 0 bridgehead atoms. The van der Waals surface area contributed by atoms with Gasteiger partial charge in [0.25, 0.3) is 0 Å². The Kier molecular flexibility index (Phi) is 2.37. The van der Waals surface area contributed by atoms with Crippen molar-refractivity contribution in [2.75, 3.05) is 0 Å². The van der Waals surface area contributed by atoms with Crippen LogP contribution in [0, 0.1) is 17.3 Å². The Labute approximate surface area is 77.5 Å². The van der Waals surface area contributed by atoms with Crippen molar-refractivity contribution in [1.29, 1.82) is 0 Å². The summed E-state index contributed by atoms with van der Waals surface area (Å²) >= 11 is 0. The van der Waals surface area contributed by atoms with Gasteiger partial charge in [-0.1, -0.05) is 13.8 Å². The average molecular weight is 182 g/mol. The van der Waals surface area contributed by atoms with Gasteiger partial charge in [-0.25, -0.2) is 0 Å². The van der Waals surface area contributed by atoms with Crippen LogP contribution in [0.3, 0.4) is 0 Å². The standard InChI is InChI=1S/C10H14O3/c1-6(12)4-7-8(5-11)10(2,3)9(7)13/h5,7-8H,4H2,1-3H3. The second-order valence-electron chi connectivity index (χ2n) is 4.26. The third kappa shape index (κ3) is 1.43. The number of hydrogen-bond acceptors (Lipinski definition) is 3. The van der Waals surface area contributed by atoms with E-state index < -0.39 is 5.41 Å². The van der Waals surface area contributed by atoms with Gasteiger partial charge in [0.05, 0.1) is 0 Å². The van der Waals surface area contributed by atoms with Crippen LogP contribution in [-0.4, -0.2) is 17.9 Å². The topological polar surface area (TPSA) is 51.2 Å². The van der Waals surface area contributed by atoms with Crippen LogP contribution in [0.1, 0.15) is 27.2 Å². The fourth-order valence-corrected chi connectivity index (χ4v) is 2.01. The van der Waals surface area contributed by atoms with Crippen molar-refractivity contribution >= 4 is 17.9 Å². The molecule has 2 atom stereocenters. The second-order valence-corrected chi connectivity index (χ2v) is 4.26. The summed E-state index contributed by atoms with van der Waals surface area (Å²) in [6.07, 6.45) is 1.01. The van der Waals surface area contributed by atoms with E-state index in [2.05, 4.69) is 0 Å². The van der Waals surface area contributed by atoms with Gasteiger partial charge in [0.2, 0.25) is 0 Å². The Hall–Kier alpha value is -0.990. The maximum absolute atomic E-state index is 11.5. The van der Waals surface area contributed by atoms with Crippen LogP contribution in [0.25, 0.3) is 0 Å². The van der Waals surface area contributed by atoms with Gasteiger partial charge in [-0.3, -0.25) is 4.79 Å². The van der Waals surface area contributed by atoms with Crippen LogP contribution in [-0.2, 0) is 14.4 Å². The first kappa shape index (κ1) is 10.1. The molecule has 0 radical (unpaired) electrons. The van der Waals surface area contributed by atoms with Crippen LogP contribution in [0.4, 0.5) is 0 Å². The molecule has 3 nitrogen and oxygen atoms in total. The summed E-state index contributed by atoms with van der Waals surface area (Å²) in [5.41, 5.74) is -0.554. The molecule has 1 aliphatic rings. The smallest absolute Gasteiger partial charge is 0.143 e. The molecule has 0 heterocycles. The molecule has 1 rings (SSSR count). The molecule has 0 aromatic heterocycles. The zero-order chi connectivity index (χ0) is 10.2. The summed E-state index contributed by atoms with van der Waals surface area (Å²) < 4.78 is 0. The Morgan fingerprint density at radius 1 is 1.54 bits per heavy atom. The van der Waals surface area contributed by atoms with E-state index in [9.17, 15) is 14.4 Å². The first-order chi connectivity index (χ1) is 5.91. The predicted molar refractivity (Wildman–Crippen MR) is 47.1 cm³/mol. The highest BCUT2D eigenvalue weighted by atomic mass is 16.1. The molecule has 0 amide bonds. The lowest BCUT2D eigenvalue weighted by atomic mass is 9.54. The van der Waals surface area contributed by atoms with Gasteiger partial charge < -0.3 is 9.59 Å². The lowest BCUT2D eigenvalue weighted by Gasteiger charge is -2.46. The molecule has 3 heteroatoms. The van der Waals surface area contributed by atoms with E-state index in [-0.39, 0.29) is 29.8 Å². The van der Waals surface area contributed by atoms with E-state index in [4.69, 9.17) is 0 Å². The minimum Gasteiger partial charge on any atom is -0.303 e. The average Bonchev–Trinajstić information content (AvgIpc) is 2.02. The van der Waals surface area contributed by atoms with E-state index >= 15 is 0 Å². The predicted octanol–water partition coefficient (Wildman–Crippen LogP) is 1.01. The van der Waals surface area contributed by atoms with Crippen molar-refractivity contribution < 1.29 is 14.4 Å². The van der Waals surface area contributed by atoms with Crippen LogP contribution in [0.2, 0.25) is 0 Å². The number of carbonyl (C=O) groups excluding carboxylic acids is 3. The highest BCUT2D eigenvalue weighted by molar-refractivity contribution is 6.00. The molecule has 0 N–H and O–H groups in total. The minimum absolute atomic E-state index is 0.0271. The number of aldehydes is 1. The highest BCUT2D eigenvalue weighted by Gasteiger charge is 2.55. The molecule has 0 aliphatic heterocycles. The van der Waals surface area contributed by atoms with Gasteiger partial charge >= 0.3 is 0 Å². The molecule has 0 aromatic rings. The summed E-state index contributed by atoms with van der Waals surface area (Å²) in [6.45, 7) is 4.95. The normalized spacial score (nSPS) is 30.8. The summed E-state index contributed by atoms with van der Waals surface area (Å²) in [7, 11) is 0. The SMILES string of the molecule is CC(=O)CC1C(=O)C(C)(C)C1C=O. The maximum Gasteiger partial charge on any atom is 0.143 e. The van der Waals surface area contributed by atoms with Crippen molar-refractivity contribution in [1.82, 2.24) is 0 Å². The van der Waals surface area contributed by atoms with E-state index in [1.807, 2.05) is 0 Å². The Bertz CT molecular complexity index is 265. The molecule has 1 fully saturated rings. The fourth-order valence-electron chi connectivity index (χ4n) is 2.01. The Morgan fingerprint density at radius 3 is 2.46 bits per heavy atom. The largest absolute Gasteiger partial charge is 0.303 e. The first-order valence-corrected chi connectivity index (χ1v) is 4.40. The van der Waals surface area contributed by atoms with Gasteiger partial charge in [0.1, 0.15) is 17.9 Å². The highest BCUT2D eigenvalue weighted by Crippen LogP contribution is 2.47. The van der Waals surface area contributed by atoms with Gasteiger partial charge in [-0.2, -0.15) is 0 Å². The van der Waals surface area contributed by atoms with E-state index in [1.165, 1.54) is 6.92 Å². The number of carbonyl (C=O) groups is 3. The first-order valence-electron chi connectivity index (χ1n) is 4.40. The zero-order valence-corrected chi connectivity index (χ0v) is 8.16. The Morgan fingerprint density at radius 2 is 2.08 bits per heavy atom. The van der Waals surface area contributed by atoms with Crippen molar-refractivity contribution in [2.45, 2.75) is 27.2 Å². The molecule has 72 valence electrons. The minimum atomic E-state index is -0.554. The molecule has 1 saturated carbocycles. The van der Waals surface area contributed by atoms with Crippen molar-refractivity contribution in [3.05, 3.63) is 0 Å². The summed E-state index contributed by atoms with van der Waals surface area (Å²) in [6, 6.07) is 0. The number of hydrogen-bond donors (Lipinski definition) is 0. The fraction of sp³-hybridized carbons (Fsp3) is 0.700. The summed E-state index contributed by atoms with van der Waals surface area (Å²) in [5, 5.41) is 0. The Balaban J connectivity index is 2.74. The molecule has 0 saturated heterocycles. The molecule has 2 unspecified atom stereocenters. The van der Waals surface area contributed by atoms with Crippen molar-refractivity contribution in [3.8, 4) is 0 Å². The summed E-state index contributed by atoms with van der Waals surface area (Å²) in [5.74, 6) is -0.616. The molecule has 1 aliphatic carbocycles. The van der Waals surface area contributed by atoms with Gasteiger partial charge in [-0.05, 0) is 6.92 Å². The maximum atomic E-state index is 11.5. The monoisotopic (exact) mass is 182 g/mol. The van der Waals surface area contributed by atoms with Crippen LogP contribution < -0.4 is 0 Å². The van der Waals surface area contributed by atoms with E-state index in [0.29, 0.717) is 0 Å². The van der Waals surface area contributed by atoms with Crippen molar-refractivity contribution in [2.24, 2.45) is 17.3 Å². The zero-order valence-electron chi connectivity index (χ0n) is 8.16. The summed E-state index contributed by atoms with van der Waals surface area (Å²) in [4.78, 5) is 33.0. The van der Waals surface area contributed by atoms with Crippen LogP contribution >= 0.6 is 0 Å². The molecule has 13 heavy (non-hydrogen) atoms. The lowest BCUT2D eigenvalue weighted by molar-refractivity contribution is -0.158.